The number of thiophene rings is 1. The zero-order valence-electron chi connectivity index (χ0n) is 23.1. The molecule has 0 aliphatic carbocycles. The van der Waals surface area contributed by atoms with Crippen LogP contribution in [0.4, 0.5) is 0 Å². The van der Waals surface area contributed by atoms with Gasteiger partial charge in [-0.05, 0) is 70.8 Å². The number of ketones is 1. The number of hydrogen-bond acceptors (Lipinski definition) is 3. The van der Waals surface area contributed by atoms with Crippen molar-refractivity contribution in [2.45, 2.75) is 34.1 Å². The maximum absolute atomic E-state index is 10.0. The van der Waals surface area contributed by atoms with E-state index in [0.717, 1.165) is 17.7 Å². The van der Waals surface area contributed by atoms with Crippen LogP contribution in [0.15, 0.2) is 90.7 Å². The summed E-state index contributed by atoms with van der Waals surface area (Å²) in [5.41, 5.74) is 4.82. The summed E-state index contributed by atoms with van der Waals surface area (Å²) >= 11 is 1.85. The third-order valence-electron chi connectivity index (χ3n) is 6.76. The Morgan fingerprint density at radius 3 is 2.38 bits per heavy atom. The number of nitrogens with zero attached hydrogens (tertiary/aromatic N) is 1. The molecule has 205 valence electrons. The summed E-state index contributed by atoms with van der Waals surface area (Å²) in [5, 5.41) is 14.9. The van der Waals surface area contributed by atoms with Crippen molar-refractivity contribution in [3.8, 4) is 11.3 Å². The average molecular weight is 723 g/mol. The maximum Gasteiger partial charge on any atom is 0.155 e. The number of rotatable bonds is 4. The molecule has 5 heteroatoms. The van der Waals surface area contributed by atoms with Crippen molar-refractivity contribution in [3.05, 3.63) is 109 Å². The first-order valence-corrected chi connectivity index (χ1v) is 14.0. The van der Waals surface area contributed by atoms with Crippen molar-refractivity contribution in [2.24, 2.45) is 5.92 Å². The van der Waals surface area contributed by atoms with E-state index in [9.17, 15) is 4.79 Å². The molecule has 3 nitrogen and oxygen atoms in total. The number of fused-ring (bicyclic) bond motifs is 6. The Kier molecular flexibility index (Phi) is 9.10. The number of hydrogen-bond donors (Lipinski definition) is 1. The van der Waals surface area contributed by atoms with Gasteiger partial charge in [-0.3, -0.25) is 4.79 Å². The Balaban J connectivity index is 0.000000413. The van der Waals surface area contributed by atoms with E-state index in [0.29, 0.717) is 5.92 Å². The fourth-order valence-corrected chi connectivity index (χ4v) is 6.46. The maximum atomic E-state index is 10.0. The first-order chi connectivity index (χ1) is 18.7. The van der Waals surface area contributed by atoms with Crippen LogP contribution in [0.2, 0.25) is 0 Å². The Labute approximate surface area is 253 Å². The molecule has 0 saturated carbocycles. The molecule has 2 aromatic heterocycles. The van der Waals surface area contributed by atoms with Crippen molar-refractivity contribution in [3.63, 3.8) is 0 Å². The van der Waals surface area contributed by atoms with Gasteiger partial charge in [0.15, 0.2) is 5.78 Å². The molecular formula is C35H32IrNO2S-. The molecule has 1 N–H and O–H groups in total. The molecule has 6 aromatic rings. The third kappa shape index (κ3) is 5.83. The second kappa shape index (κ2) is 12.3. The van der Waals surface area contributed by atoms with Crippen LogP contribution in [0.5, 0.6) is 0 Å². The first-order valence-electron chi connectivity index (χ1n) is 13.1. The second-order valence-electron chi connectivity index (χ2n) is 10.4. The number of allylic oxidation sites excluding steroid dienone is 2. The summed E-state index contributed by atoms with van der Waals surface area (Å²) in [6.45, 7) is 7.43. The molecule has 2 heterocycles. The summed E-state index contributed by atoms with van der Waals surface area (Å²) in [6, 6.07) is 31.9. The number of aromatic nitrogens is 1. The Morgan fingerprint density at radius 2 is 1.70 bits per heavy atom. The van der Waals surface area contributed by atoms with Crippen molar-refractivity contribution in [1.29, 1.82) is 0 Å². The molecule has 1 radical (unpaired) electrons. The molecule has 4 aromatic carbocycles. The van der Waals surface area contributed by atoms with Crippen LogP contribution in [0.25, 0.3) is 53.1 Å². The molecule has 0 saturated heterocycles. The number of aliphatic hydroxyl groups excluding tert-OH is 1. The molecule has 0 bridgehead atoms. The zero-order valence-corrected chi connectivity index (χ0v) is 26.3. The number of carbonyl (C=O) groups is 1. The number of pyridine rings is 1. The van der Waals surface area contributed by atoms with Crippen LogP contribution >= 0.6 is 11.3 Å². The zero-order chi connectivity index (χ0) is 27.7. The van der Waals surface area contributed by atoms with E-state index in [1.54, 1.807) is 0 Å². The van der Waals surface area contributed by atoms with Crippen LogP contribution in [0.3, 0.4) is 0 Å². The normalized spacial score (nSPS) is 11.6. The monoisotopic (exact) mass is 723 g/mol. The van der Waals surface area contributed by atoms with E-state index in [-0.39, 0.29) is 31.6 Å². The third-order valence-corrected chi connectivity index (χ3v) is 7.96. The first kappa shape index (κ1) is 29.5. The summed E-state index contributed by atoms with van der Waals surface area (Å²) in [4.78, 5) is 10.0. The fourth-order valence-electron chi connectivity index (χ4n) is 5.25. The summed E-state index contributed by atoms with van der Waals surface area (Å²) in [5.74, 6) is 0.502. The van der Waals surface area contributed by atoms with Crippen molar-refractivity contribution in [1.82, 2.24) is 0 Å². The van der Waals surface area contributed by atoms with Gasteiger partial charge in [-0.15, -0.1) is 18.2 Å². The number of aliphatic hydroxyl groups is 1. The summed E-state index contributed by atoms with van der Waals surface area (Å²) < 4.78 is 4.70. The molecule has 40 heavy (non-hydrogen) atoms. The van der Waals surface area contributed by atoms with Gasteiger partial charge in [0.05, 0.1) is 5.76 Å². The average Bonchev–Trinajstić information content (AvgIpc) is 3.28. The molecule has 0 spiro atoms. The summed E-state index contributed by atoms with van der Waals surface area (Å²) in [7, 11) is 4.51. The summed E-state index contributed by atoms with van der Waals surface area (Å²) in [6.07, 6.45) is 2.20. The Bertz CT molecular complexity index is 1880. The van der Waals surface area contributed by atoms with Gasteiger partial charge in [-0.1, -0.05) is 73.3 Å². The minimum Gasteiger partial charge on any atom is -0.512 e. The molecule has 0 aliphatic rings. The van der Waals surface area contributed by atoms with Gasteiger partial charge >= 0.3 is 0 Å². The fraction of sp³-hybridized carbons (Fsp3) is 0.171. The van der Waals surface area contributed by atoms with Crippen molar-refractivity contribution < 1.29 is 34.6 Å². The van der Waals surface area contributed by atoms with Gasteiger partial charge in [0.25, 0.3) is 0 Å². The van der Waals surface area contributed by atoms with Crippen molar-refractivity contribution >= 4 is 59.0 Å². The van der Waals surface area contributed by atoms with Gasteiger partial charge in [0.1, 0.15) is 11.2 Å². The minimum atomic E-state index is -0.125. The Morgan fingerprint density at radius 1 is 1.00 bits per heavy atom. The van der Waals surface area contributed by atoms with Crippen LogP contribution in [0, 0.1) is 19.0 Å². The van der Waals surface area contributed by atoms with Gasteiger partial charge in [0.2, 0.25) is 0 Å². The van der Waals surface area contributed by atoms with Crippen molar-refractivity contribution in [2.75, 3.05) is 0 Å². The van der Waals surface area contributed by atoms with E-state index >= 15 is 0 Å². The van der Waals surface area contributed by atoms with Crippen LogP contribution in [-0.4, -0.2) is 10.9 Å². The molecule has 0 amide bonds. The van der Waals surface area contributed by atoms with Crippen LogP contribution in [-0.2, 0) is 31.3 Å². The van der Waals surface area contributed by atoms with E-state index in [2.05, 4.69) is 110 Å². The second-order valence-corrected chi connectivity index (χ2v) is 11.4. The van der Waals surface area contributed by atoms with E-state index in [1.807, 2.05) is 11.3 Å². The molecule has 0 unspecified atom stereocenters. The molecule has 0 fully saturated rings. The standard InChI is InChI=1S/C30H24NS.C5H8O2.Ir/c1-19(2)17-21-18-27(31(3)26-16-15-20-9-4-5-10-22(20)29(21)26)25-13-8-12-24-23-11-6-7-14-28(23)32-30(24)25;1-4(6)3-5(2)7;/h4-12,14-16,18-19H,3,17H2,1-2H3;3,6H,1-2H3;/q-1;;/b;4-3-;. The van der Waals surface area contributed by atoms with Gasteiger partial charge < -0.3 is 9.67 Å². The van der Waals surface area contributed by atoms with Gasteiger partial charge in [0, 0.05) is 43.3 Å². The van der Waals surface area contributed by atoms with Gasteiger partial charge in [-0.2, -0.15) is 11.3 Å². The van der Waals surface area contributed by atoms with Crippen LogP contribution in [0.1, 0.15) is 33.3 Å². The number of carbonyl (C=O) groups excluding carboxylic acids is 1. The largest absolute Gasteiger partial charge is 0.512 e. The SMILES string of the molecule is CC(=O)/C=C(/C)O.[CH2-][n+]1c(-c2[c-]ccc3c2sc2ccccc23)cc(CC(C)C)c2c3ccccc3ccc21.[Ir]. The molecular weight excluding hydrogens is 691 g/mol. The van der Waals surface area contributed by atoms with Gasteiger partial charge in [-0.25, -0.2) is 0 Å². The smallest absolute Gasteiger partial charge is 0.155 e. The molecule has 0 atom stereocenters. The quantitative estimate of drug-likeness (QED) is 0.0649. The molecule has 6 rings (SSSR count). The predicted molar refractivity (Wildman–Crippen MR) is 165 cm³/mol. The minimum absolute atomic E-state index is 0. The van der Waals surface area contributed by atoms with E-state index in [4.69, 9.17) is 5.11 Å². The number of benzene rings is 4. The van der Waals surface area contributed by atoms with E-state index in [1.165, 1.54) is 67.3 Å². The Hall–Kier alpha value is -3.50. The van der Waals surface area contributed by atoms with E-state index < -0.39 is 0 Å². The van der Waals surface area contributed by atoms with Crippen LogP contribution < -0.4 is 4.57 Å². The molecule has 0 aliphatic heterocycles. The predicted octanol–water partition coefficient (Wildman–Crippen LogP) is 8.99. The topological polar surface area (TPSA) is 41.2 Å².